The number of nitrogens with zero attached hydrogens (tertiary/aromatic N) is 1. The highest BCUT2D eigenvalue weighted by atomic mass is 16.2. The molecule has 24 heavy (non-hydrogen) atoms. The Bertz CT molecular complexity index is 536. The normalized spacial score (nSPS) is 15.8. The van der Waals surface area contributed by atoms with E-state index in [4.69, 9.17) is 0 Å². The van der Waals surface area contributed by atoms with Gasteiger partial charge in [0.25, 0.3) is 0 Å². The summed E-state index contributed by atoms with van der Waals surface area (Å²) in [6, 6.07) is 7.25. The van der Waals surface area contributed by atoms with Gasteiger partial charge >= 0.3 is 6.03 Å². The van der Waals surface area contributed by atoms with Gasteiger partial charge in [-0.15, -0.1) is 0 Å². The van der Waals surface area contributed by atoms with Crippen molar-refractivity contribution in [2.24, 2.45) is 0 Å². The van der Waals surface area contributed by atoms with Gasteiger partial charge in [0.05, 0.1) is 0 Å². The number of amides is 3. The molecule has 6 nitrogen and oxygen atoms in total. The number of unbranched alkanes of at least 4 members (excludes halogenated alkanes) is 1. The zero-order chi connectivity index (χ0) is 17.4. The highest BCUT2D eigenvalue weighted by Crippen LogP contribution is 2.15. The molecule has 0 radical (unpaired) electrons. The number of rotatable bonds is 6. The van der Waals surface area contributed by atoms with Crippen LogP contribution in [-0.4, -0.2) is 43.0 Å². The highest BCUT2D eigenvalue weighted by molar-refractivity contribution is 5.92. The molecule has 6 heteroatoms. The first-order valence-electron chi connectivity index (χ1n) is 8.73. The van der Waals surface area contributed by atoms with Crippen LogP contribution in [0.25, 0.3) is 0 Å². The van der Waals surface area contributed by atoms with Crippen LogP contribution in [0.3, 0.4) is 0 Å². The van der Waals surface area contributed by atoms with E-state index in [2.05, 4.69) is 34.8 Å². The van der Waals surface area contributed by atoms with Gasteiger partial charge in [-0.25, -0.2) is 4.79 Å². The Morgan fingerprint density at radius 3 is 2.25 bits per heavy atom. The number of carbonyl (C=O) groups excluding carboxylic acids is 2. The van der Waals surface area contributed by atoms with Crippen LogP contribution in [0.15, 0.2) is 24.3 Å². The Labute approximate surface area is 144 Å². The first kappa shape index (κ1) is 18.3. The molecule has 132 valence electrons. The monoisotopic (exact) mass is 332 g/mol. The quantitative estimate of drug-likeness (QED) is 0.750. The van der Waals surface area contributed by atoms with E-state index in [0.29, 0.717) is 12.1 Å². The van der Waals surface area contributed by atoms with Crippen molar-refractivity contribution in [1.82, 2.24) is 10.2 Å². The molecule has 0 bridgehead atoms. The summed E-state index contributed by atoms with van der Waals surface area (Å²) in [5, 5.41) is 8.71. The van der Waals surface area contributed by atoms with Crippen LogP contribution in [0.4, 0.5) is 16.2 Å². The Balaban J connectivity index is 1.76. The topological polar surface area (TPSA) is 73.5 Å². The fourth-order valence-corrected chi connectivity index (χ4v) is 2.70. The highest BCUT2D eigenvalue weighted by Gasteiger charge is 2.18. The lowest BCUT2D eigenvalue weighted by Gasteiger charge is -2.29. The standard InChI is InChI=1S/C18H28N4O2/c1-3-4-5-17(23)19-14-6-8-15(9-7-14)20-18(24)21-16-10-12-22(2)13-11-16/h6-9,16H,3-5,10-13H2,1-2H3,(H,19,23)(H2,20,21,24). The van der Waals surface area contributed by atoms with Gasteiger partial charge < -0.3 is 20.9 Å². The molecule has 0 aromatic heterocycles. The predicted molar refractivity (Wildman–Crippen MR) is 97.3 cm³/mol. The van der Waals surface area contributed by atoms with Gasteiger partial charge in [0.1, 0.15) is 0 Å². The first-order chi connectivity index (χ1) is 11.6. The Morgan fingerprint density at radius 1 is 1.08 bits per heavy atom. The van der Waals surface area contributed by atoms with Crippen molar-refractivity contribution in [3.63, 3.8) is 0 Å². The molecular weight excluding hydrogens is 304 g/mol. The van der Waals surface area contributed by atoms with Crippen molar-refractivity contribution in [1.29, 1.82) is 0 Å². The molecular formula is C18H28N4O2. The van der Waals surface area contributed by atoms with Crippen LogP contribution in [0, 0.1) is 0 Å². The Hall–Kier alpha value is -2.08. The molecule has 0 atom stereocenters. The van der Waals surface area contributed by atoms with E-state index in [9.17, 15) is 9.59 Å². The van der Waals surface area contributed by atoms with Crippen LogP contribution >= 0.6 is 0 Å². The summed E-state index contributed by atoms with van der Waals surface area (Å²) >= 11 is 0. The molecule has 1 aliphatic heterocycles. The number of nitrogens with one attached hydrogen (secondary N) is 3. The number of hydrogen-bond acceptors (Lipinski definition) is 3. The molecule has 1 aromatic carbocycles. The van der Waals surface area contributed by atoms with E-state index in [1.54, 1.807) is 24.3 Å². The second kappa shape index (κ2) is 9.27. The number of urea groups is 1. The average molecular weight is 332 g/mol. The minimum absolute atomic E-state index is 0.0255. The van der Waals surface area contributed by atoms with Crippen molar-refractivity contribution in [3.05, 3.63) is 24.3 Å². The number of piperidine rings is 1. The number of likely N-dealkylation sites (tertiary alicyclic amines) is 1. The van der Waals surface area contributed by atoms with Crippen LogP contribution in [0.2, 0.25) is 0 Å². The summed E-state index contributed by atoms with van der Waals surface area (Å²) in [5.74, 6) is 0.0255. The summed E-state index contributed by atoms with van der Waals surface area (Å²) in [7, 11) is 2.10. The molecule has 0 unspecified atom stereocenters. The van der Waals surface area contributed by atoms with Gasteiger partial charge in [0.15, 0.2) is 0 Å². The van der Waals surface area contributed by atoms with Crippen LogP contribution in [0.1, 0.15) is 39.0 Å². The van der Waals surface area contributed by atoms with Crippen molar-refractivity contribution < 1.29 is 9.59 Å². The average Bonchev–Trinajstić information content (AvgIpc) is 2.57. The van der Waals surface area contributed by atoms with Gasteiger partial charge in [-0.2, -0.15) is 0 Å². The fraction of sp³-hybridized carbons (Fsp3) is 0.556. The summed E-state index contributed by atoms with van der Waals surface area (Å²) in [4.78, 5) is 26.0. The molecule has 0 aliphatic carbocycles. The molecule has 0 saturated carbocycles. The first-order valence-corrected chi connectivity index (χ1v) is 8.73. The maximum atomic E-state index is 12.0. The maximum absolute atomic E-state index is 12.0. The largest absolute Gasteiger partial charge is 0.335 e. The smallest absolute Gasteiger partial charge is 0.319 e. The second-order valence-electron chi connectivity index (χ2n) is 6.41. The summed E-state index contributed by atoms with van der Waals surface area (Å²) in [6.07, 6.45) is 4.39. The van der Waals surface area contributed by atoms with E-state index in [1.165, 1.54) is 0 Å². The Morgan fingerprint density at radius 2 is 1.67 bits per heavy atom. The lowest BCUT2D eigenvalue weighted by molar-refractivity contribution is -0.116. The molecule has 1 fully saturated rings. The van der Waals surface area contributed by atoms with Gasteiger partial charge in [-0.05, 0) is 63.7 Å². The molecule has 3 amide bonds. The molecule has 1 saturated heterocycles. The minimum atomic E-state index is -0.177. The molecule has 2 rings (SSSR count). The van der Waals surface area contributed by atoms with Crippen molar-refractivity contribution >= 4 is 23.3 Å². The van der Waals surface area contributed by atoms with Crippen molar-refractivity contribution in [2.75, 3.05) is 30.8 Å². The predicted octanol–water partition coefficient (Wildman–Crippen LogP) is 3.03. The fourth-order valence-electron chi connectivity index (χ4n) is 2.70. The van der Waals surface area contributed by atoms with Gasteiger partial charge in [0.2, 0.25) is 5.91 Å². The van der Waals surface area contributed by atoms with Gasteiger partial charge in [-0.1, -0.05) is 13.3 Å². The zero-order valence-corrected chi connectivity index (χ0v) is 14.6. The van der Waals surface area contributed by atoms with E-state index < -0.39 is 0 Å². The molecule has 1 aromatic rings. The lowest BCUT2D eigenvalue weighted by atomic mass is 10.1. The minimum Gasteiger partial charge on any atom is -0.335 e. The van der Waals surface area contributed by atoms with Crippen LogP contribution in [-0.2, 0) is 4.79 Å². The molecule has 1 aliphatic rings. The summed E-state index contributed by atoms with van der Waals surface area (Å²) in [6.45, 7) is 4.08. The van der Waals surface area contributed by atoms with Crippen molar-refractivity contribution in [2.45, 2.75) is 45.1 Å². The number of carbonyl (C=O) groups is 2. The molecule has 1 heterocycles. The van der Waals surface area contributed by atoms with E-state index in [1.807, 2.05) is 0 Å². The summed E-state index contributed by atoms with van der Waals surface area (Å²) in [5.41, 5.74) is 1.46. The lowest BCUT2D eigenvalue weighted by Crippen LogP contribution is -2.44. The molecule has 3 N–H and O–H groups in total. The zero-order valence-electron chi connectivity index (χ0n) is 14.6. The number of hydrogen-bond donors (Lipinski definition) is 3. The van der Waals surface area contributed by atoms with Gasteiger partial charge in [-0.3, -0.25) is 4.79 Å². The maximum Gasteiger partial charge on any atom is 0.319 e. The third-order valence-electron chi connectivity index (χ3n) is 4.24. The van der Waals surface area contributed by atoms with Crippen LogP contribution < -0.4 is 16.0 Å². The van der Waals surface area contributed by atoms with E-state index in [0.717, 1.165) is 44.5 Å². The number of anilines is 2. The molecule has 0 spiro atoms. The van der Waals surface area contributed by atoms with Gasteiger partial charge in [0, 0.05) is 23.8 Å². The SMILES string of the molecule is CCCCC(=O)Nc1ccc(NC(=O)NC2CCN(C)CC2)cc1. The second-order valence-corrected chi connectivity index (χ2v) is 6.41. The van der Waals surface area contributed by atoms with E-state index >= 15 is 0 Å². The van der Waals surface area contributed by atoms with Crippen LogP contribution in [0.5, 0.6) is 0 Å². The van der Waals surface area contributed by atoms with Crippen molar-refractivity contribution in [3.8, 4) is 0 Å². The third-order valence-corrected chi connectivity index (χ3v) is 4.24. The number of benzene rings is 1. The van der Waals surface area contributed by atoms with E-state index in [-0.39, 0.29) is 18.0 Å². The third kappa shape index (κ3) is 6.20. The Kier molecular flexibility index (Phi) is 7.06. The summed E-state index contributed by atoms with van der Waals surface area (Å²) < 4.78 is 0.